The third-order valence-corrected chi connectivity index (χ3v) is 4.01. The van der Waals surface area contributed by atoms with Crippen LogP contribution in [-0.4, -0.2) is 44.1 Å². The third-order valence-electron chi connectivity index (χ3n) is 4.01. The van der Waals surface area contributed by atoms with Gasteiger partial charge in [0.15, 0.2) is 5.96 Å². The average Bonchev–Trinajstić information content (AvgIpc) is 3.15. The number of aliphatic imine (C=N–C) groups is 1. The zero-order valence-corrected chi connectivity index (χ0v) is 13.6. The number of rotatable bonds is 6. The standard InChI is InChI=1S/C17H28N4/c1-5-18-17(20-15-11-13(15)2)19-12-16(21(3)4)14-9-7-6-8-10-14/h6-10,13,15-16H,5,11-12H2,1-4H3,(H2,18,19,20). The van der Waals surface area contributed by atoms with Crippen molar-refractivity contribution in [2.75, 3.05) is 27.2 Å². The number of likely N-dealkylation sites (N-methyl/N-ethyl adjacent to an activating group) is 1. The zero-order chi connectivity index (χ0) is 15.2. The summed E-state index contributed by atoms with van der Waals surface area (Å²) < 4.78 is 0. The van der Waals surface area contributed by atoms with Crippen molar-refractivity contribution < 1.29 is 0 Å². The van der Waals surface area contributed by atoms with E-state index in [9.17, 15) is 0 Å². The molecule has 0 aromatic heterocycles. The molecule has 0 spiro atoms. The maximum Gasteiger partial charge on any atom is 0.191 e. The second-order valence-corrected chi connectivity index (χ2v) is 6.07. The van der Waals surface area contributed by atoms with Gasteiger partial charge in [-0.3, -0.25) is 4.99 Å². The number of nitrogens with zero attached hydrogens (tertiary/aromatic N) is 2. The van der Waals surface area contributed by atoms with Gasteiger partial charge >= 0.3 is 0 Å². The van der Waals surface area contributed by atoms with Gasteiger partial charge in [-0.05, 0) is 38.9 Å². The van der Waals surface area contributed by atoms with Crippen molar-refractivity contribution in [3.8, 4) is 0 Å². The van der Waals surface area contributed by atoms with Gasteiger partial charge in [0.25, 0.3) is 0 Å². The van der Waals surface area contributed by atoms with Crippen molar-refractivity contribution >= 4 is 5.96 Å². The number of guanidine groups is 1. The molecule has 1 aromatic carbocycles. The Bertz CT molecular complexity index is 455. The predicted octanol–water partition coefficient (Wildman–Crippen LogP) is 2.25. The molecule has 2 N–H and O–H groups in total. The Morgan fingerprint density at radius 3 is 2.52 bits per heavy atom. The van der Waals surface area contributed by atoms with E-state index in [0.717, 1.165) is 25.0 Å². The van der Waals surface area contributed by atoms with E-state index in [1.165, 1.54) is 12.0 Å². The molecule has 0 radical (unpaired) electrons. The summed E-state index contributed by atoms with van der Waals surface area (Å²) in [6, 6.07) is 11.5. The summed E-state index contributed by atoms with van der Waals surface area (Å²) in [5, 5.41) is 6.85. The SMILES string of the molecule is CCNC(=NCC(c1ccccc1)N(C)C)NC1CC1C. The quantitative estimate of drug-likeness (QED) is 0.623. The van der Waals surface area contributed by atoms with Gasteiger partial charge in [0.1, 0.15) is 0 Å². The number of hydrogen-bond donors (Lipinski definition) is 2. The first-order valence-corrected chi connectivity index (χ1v) is 7.88. The van der Waals surface area contributed by atoms with Gasteiger partial charge in [-0.2, -0.15) is 0 Å². The minimum atomic E-state index is 0.304. The molecule has 3 atom stereocenters. The predicted molar refractivity (Wildman–Crippen MR) is 89.6 cm³/mol. The van der Waals surface area contributed by atoms with Crippen LogP contribution in [0.2, 0.25) is 0 Å². The number of hydrogen-bond acceptors (Lipinski definition) is 2. The lowest BCUT2D eigenvalue weighted by atomic mass is 10.1. The summed E-state index contributed by atoms with van der Waals surface area (Å²) in [7, 11) is 4.22. The summed E-state index contributed by atoms with van der Waals surface area (Å²) in [6.07, 6.45) is 1.25. The maximum atomic E-state index is 4.78. The molecule has 4 nitrogen and oxygen atoms in total. The molecule has 0 aliphatic heterocycles. The molecule has 0 amide bonds. The summed E-state index contributed by atoms with van der Waals surface area (Å²) in [6.45, 7) is 6.03. The van der Waals surface area contributed by atoms with Crippen molar-refractivity contribution in [2.45, 2.75) is 32.4 Å². The van der Waals surface area contributed by atoms with Crippen molar-refractivity contribution in [3.63, 3.8) is 0 Å². The lowest BCUT2D eigenvalue weighted by Crippen LogP contribution is -2.39. The minimum absolute atomic E-state index is 0.304. The molecule has 1 fully saturated rings. The molecule has 1 saturated carbocycles. The van der Waals surface area contributed by atoms with Gasteiger partial charge in [-0.15, -0.1) is 0 Å². The highest BCUT2D eigenvalue weighted by atomic mass is 15.2. The molecular formula is C17H28N4. The summed E-state index contributed by atoms with van der Waals surface area (Å²) in [5.74, 6) is 1.71. The third kappa shape index (κ3) is 4.74. The van der Waals surface area contributed by atoms with Crippen molar-refractivity contribution in [2.24, 2.45) is 10.9 Å². The summed E-state index contributed by atoms with van der Waals surface area (Å²) in [5.41, 5.74) is 1.31. The van der Waals surface area contributed by atoms with Crippen LogP contribution < -0.4 is 10.6 Å². The second-order valence-electron chi connectivity index (χ2n) is 6.07. The highest BCUT2D eigenvalue weighted by molar-refractivity contribution is 5.80. The second kappa shape index (κ2) is 7.46. The van der Waals surface area contributed by atoms with E-state index >= 15 is 0 Å². The Morgan fingerprint density at radius 2 is 2.00 bits per heavy atom. The van der Waals surface area contributed by atoms with Gasteiger partial charge in [-0.1, -0.05) is 37.3 Å². The van der Waals surface area contributed by atoms with Crippen LogP contribution in [0, 0.1) is 5.92 Å². The highest BCUT2D eigenvalue weighted by Crippen LogP contribution is 2.28. The van der Waals surface area contributed by atoms with Gasteiger partial charge in [-0.25, -0.2) is 0 Å². The fourth-order valence-electron chi connectivity index (χ4n) is 2.44. The molecule has 0 saturated heterocycles. The van der Waals surface area contributed by atoms with E-state index in [0.29, 0.717) is 12.1 Å². The van der Waals surface area contributed by atoms with Gasteiger partial charge in [0.05, 0.1) is 12.6 Å². The topological polar surface area (TPSA) is 39.7 Å². The van der Waals surface area contributed by atoms with Gasteiger partial charge in [0.2, 0.25) is 0 Å². The molecule has 4 heteroatoms. The lowest BCUT2D eigenvalue weighted by molar-refractivity contribution is 0.306. The van der Waals surface area contributed by atoms with Crippen LogP contribution in [0.25, 0.3) is 0 Å². The van der Waals surface area contributed by atoms with Crippen molar-refractivity contribution in [3.05, 3.63) is 35.9 Å². The molecule has 1 aliphatic rings. The normalized spacial score (nSPS) is 23.0. The molecule has 0 heterocycles. The van der Waals surface area contributed by atoms with Crippen LogP contribution in [0.5, 0.6) is 0 Å². The Kier molecular flexibility index (Phi) is 5.62. The molecule has 1 aliphatic carbocycles. The Balaban J connectivity index is 2.02. The molecule has 2 rings (SSSR count). The molecule has 0 bridgehead atoms. The van der Waals surface area contributed by atoms with E-state index in [1.807, 2.05) is 0 Å². The first-order valence-electron chi connectivity index (χ1n) is 7.88. The first kappa shape index (κ1) is 15.8. The van der Waals surface area contributed by atoms with Crippen LogP contribution in [-0.2, 0) is 0 Å². The monoisotopic (exact) mass is 288 g/mol. The van der Waals surface area contributed by atoms with Crippen LogP contribution in [0.4, 0.5) is 0 Å². The van der Waals surface area contributed by atoms with E-state index in [4.69, 9.17) is 4.99 Å². The first-order chi connectivity index (χ1) is 10.1. The fourth-order valence-corrected chi connectivity index (χ4v) is 2.44. The lowest BCUT2D eigenvalue weighted by Gasteiger charge is -2.23. The molecule has 21 heavy (non-hydrogen) atoms. The Hall–Kier alpha value is -1.55. The zero-order valence-electron chi connectivity index (χ0n) is 13.6. The van der Waals surface area contributed by atoms with Crippen LogP contribution >= 0.6 is 0 Å². The summed E-state index contributed by atoms with van der Waals surface area (Å²) >= 11 is 0. The minimum Gasteiger partial charge on any atom is -0.357 e. The van der Waals surface area contributed by atoms with Gasteiger partial charge in [0, 0.05) is 12.6 Å². The van der Waals surface area contributed by atoms with E-state index < -0.39 is 0 Å². The average molecular weight is 288 g/mol. The Labute approximate surface area is 128 Å². The molecule has 3 unspecified atom stereocenters. The smallest absolute Gasteiger partial charge is 0.191 e. The van der Waals surface area contributed by atoms with Crippen LogP contribution in [0.1, 0.15) is 31.9 Å². The van der Waals surface area contributed by atoms with E-state index in [-0.39, 0.29) is 0 Å². The molecule has 1 aromatic rings. The largest absolute Gasteiger partial charge is 0.357 e. The maximum absolute atomic E-state index is 4.78. The van der Waals surface area contributed by atoms with E-state index in [1.54, 1.807) is 0 Å². The molecular weight excluding hydrogens is 260 g/mol. The van der Waals surface area contributed by atoms with Crippen molar-refractivity contribution in [1.82, 2.24) is 15.5 Å². The van der Waals surface area contributed by atoms with Crippen LogP contribution in [0.15, 0.2) is 35.3 Å². The van der Waals surface area contributed by atoms with Crippen molar-refractivity contribution in [1.29, 1.82) is 0 Å². The van der Waals surface area contributed by atoms with E-state index in [2.05, 4.69) is 73.8 Å². The number of nitrogens with one attached hydrogen (secondary N) is 2. The van der Waals surface area contributed by atoms with Crippen LogP contribution in [0.3, 0.4) is 0 Å². The molecule has 116 valence electrons. The highest BCUT2D eigenvalue weighted by Gasteiger charge is 2.33. The van der Waals surface area contributed by atoms with Gasteiger partial charge < -0.3 is 15.5 Å². The Morgan fingerprint density at radius 1 is 1.33 bits per heavy atom. The number of benzene rings is 1. The summed E-state index contributed by atoms with van der Waals surface area (Å²) in [4.78, 5) is 7.00. The fraction of sp³-hybridized carbons (Fsp3) is 0.588.